The van der Waals surface area contributed by atoms with Crippen LogP contribution in [0.1, 0.15) is 30.5 Å². The summed E-state index contributed by atoms with van der Waals surface area (Å²) in [6.45, 7) is 2.91. The predicted molar refractivity (Wildman–Crippen MR) is 134 cm³/mol. The van der Waals surface area contributed by atoms with Crippen molar-refractivity contribution in [1.29, 1.82) is 0 Å². The maximum Gasteiger partial charge on any atom is 0.222 e. The van der Waals surface area contributed by atoms with E-state index in [9.17, 15) is 10.2 Å². The zero-order valence-corrected chi connectivity index (χ0v) is 22.7. The number of fused-ring (bicyclic) bond motifs is 1. The minimum atomic E-state index is -2.04. The fraction of sp³-hybridized carbons (Fsp3) is 0.556. The molecule has 2 aromatic carbocycles. The van der Waals surface area contributed by atoms with E-state index in [1.54, 1.807) is 39.2 Å². The summed E-state index contributed by atoms with van der Waals surface area (Å²) >= 11 is 6.55. The van der Waals surface area contributed by atoms with Gasteiger partial charge < -0.3 is 43.4 Å². The Hall–Kier alpha value is -1.79. The van der Waals surface area contributed by atoms with Crippen LogP contribution in [0.4, 0.5) is 0 Å². The van der Waals surface area contributed by atoms with Crippen LogP contribution in [0.3, 0.4) is 0 Å². The van der Waals surface area contributed by atoms with Crippen LogP contribution in [0.5, 0.6) is 5.75 Å². The summed E-state index contributed by atoms with van der Waals surface area (Å²) in [6.07, 6.45) is -3.18. The van der Waals surface area contributed by atoms with Gasteiger partial charge in [-0.15, -0.1) is 0 Å². The van der Waals surface area contributed by atoms with Gasteiger partial charge in [0.25, 0.3) is 0 Å². The van der Waals surface area contributed by atoms with E-state index < -0.39 is 48.4 Å². The molecule has 0 bridgehead atoms. The van der Waals surface area contributed by atoms with Crippen molar-refractivity contribution >= 4 is 11.6 Å². The zero-order valence-electron chi connectivity index (χ0n) is 21.9. The van der Waals surface area contributed by atoms with Gasteiger partial charge in [0.1, 0.15) is 30.2 Å². The lowest BCUT2D eigenvalue weighted by Crippen LogP contribution is -2.75. The van der Waals surface area contributed by atoms with Crippen LogP contribution in [0.2, 0.25) is 5.02 Å². The highest BCUT2D eigenvalue weighted by molar-refractivity contribution is 6.31. The second-order valence-corrected chi connectivity index (χ2v) is 9.89. The van der Waals surface area contributed by atoms with E-state index in [-0.39, 0.29) is 0 Å². The molecule has 2 N–H and O–H groups in total. The first-order valence-electron chi connectivity index (χ1n) is 12.0. The summed E-state index contributed by atoms with van der Waals surface area (Å²) in [5.74, 6) is -4.05. The van der Waals surface area contributed by atoms with Gasteiger partial charge in [-0.2, -0.15) is 0 Å². The SMILES string of the molecule is COc1ccc(Cc2cc([C@]3(O)O[C@H](CO)[C@@H](OC)[C@@H]4OC(C)(OC)C(C)(OC)O[C@H]43)ccc2Cl)cc1. The maximum atomic E-state index is 12.1. The Morgan fingerprint density at radius 3 is 2.14 bits per heavy atom. The van der Waals surface area contributed by atoms with Gasteiger partial charge in [-0.05, 0) is 55.7 Å². The molecule has 2 aromatic rings. The summed E-state index contributed by atoms with van der Waals surface area (Å²) in [5, 5.41) is 22.8. The molecule has 0 radical (unpaired) electrons. The van der Waals surface area contributed by atoms with Gasteiger partial charge in [-0.3, -0.25) is 0 Å². The normalized spacial score (nSPS) is 35.7. The molecule has 0 saturated carbocycles. The maximum absolute atomic E-state index is 12.1. The van der Waals surface area contributed by atoms with Crippen molar-refractivity contribution < 1.29 is 43.4 Å². The van der Waals surface area contributed by atoms with Crippen LogP contribution >= 0.6 is 11.6 Å². The highest BCUT2D eigenvalue weighted by Gasteiger charge is 2.67. The molecule has 2 aliphatic rings. The summed E-state index contributed by atoms with van der Waals surface area (Å²) < 4.78 is 41.1. The standard InChI is InChI=1S/C27H35ClO9/c1-25(33-5)26(2,34-6)37-24-23(36-25)22(32-4)21(15-29)35-27(24,30)18-9-12-20(28)17(14-18)13-16-7-10-19(31-3)11-8-16/h7-12,14,21-24,29-30H,13,15H2,1-6H3/t21-,22-,23+,24-,25?,26?,27+/m1/s1. The third kappa shape index (κ3) is 4.89. The fourth-order valence-electron chi connectivity index (χ4n) is 4.99. The molecule has 0 aromatic heterocycles. The lowest BCUT2D eigenvalue weighted by atomic mass is 9.85. The largest absolute Gasteiger partial charge is 0.497 e. The van der Waals surface area contributed by atoms with Crippen molar-refractivity contribution in [3.63, 3.8) is 0 Å². The van der Waals surface area contributed by atoms with E-state index in [0.717, 1.165) is 16.9 Å². The average molecular weight is 539 g/mol. The van der Waals surface area contributed by atoms with E-state index in [1.165, 1.54) is 21.3 Å². The molecular formula is C27H35ClO9. The van der Waals surface area contributed by atoms with Crippen molar-refractivity contribution in [3.8, 4) is 5.75 Å². The highest BCUT2D eigenvalue weighted by Crippen LogP contribution is 2.49. The number of hydrogen-bond donors (Lipinski definition) is 2. The summed E-state index contributed by atoms with van der Waals surface area (Å²) in [4.78, 5) is 0. The molecule has 2 unspecified atom stereocenters. The van der Waals surface area contributed by atoms with Crippen LogP contribution < -0.4 is 4.74 Å². The molecule has 2 aliphatic heterocycles. The molecule has 9 nitrogen and oxygen atoms in total. The first-order valence-corrected chi connectivity index (χ1v) is 12.4. The minimum absolute atomic E-state index is 0.381. The average Bonchev–Trinajstić information content (AvgIpc) is 2.91. The third-order valence-corrected chi connectivity index (χ3v) is 7.86. The summed E-state index contributed by atoms with van der Waals surface area (Å²) in [5.41, 5.74) is 2.15. The zero-order chi connectivity index (χ0) is 27.0. The summed E-state index contributed by atoms with van der Waals surface area (Å²) in [6, 6.07) is 12.8. The molecule has 0 spiro atoms. The van der Waals surface area contributed by atoms with Crippen molar-refractivity contribution in [1.82, 2.24) is 0 Å². The number of halogens is 1. The second-order valence-electron chi connectivity index (χ2n) is 9.49. The summed E-state index contributed by atoms with van der Waals surface area (Å²) in [7, 11) is 6.03. The van der Waals surface area contributed by atoms with Crippen molar-refractivity contribution in [2.45, 2.75) is 62.0 Å². The Labute approximate surface area is 222 Å². The Balaban J connectivity index is 1.76. The number of ether oxygens (including phenoxy) is 7. The van der Waals surface area contributed by atoms with Crippen LogP contribution in [0.25, 0.3) is 0 Å². The van der Waals surface area contributed by atoms with Crippen molar-refractivity contribution in [2.24, 2.45) is 0 Å². The highest BCUT2D eigenvalue weighted by atomic mass is 35.5. The topological polar surface area (TPSA) is 105 Å². The Bertz CT molecular complexity index is 1080. The predicted octanol–water partition coefficient (Wildman–Crippen LogP) is 3.00. The quantitative estimate of drug-likeness (QED) is 0.524. The van der Waals surface area contributed by atoms with Crippen LogP contribution in [-0.2, 0) is 40.6 Å². The van der Waals surface area contributed by atoms with E-state index in [4.69, 9.17) is 44.8 Å². The molecule has 2 saturated heterocycles. The Morgan fingerprint density at radius 2 is 1.57 bits per heavy atom. The van der Waals surface area contributed by atoms with Gasteiger partial charge in [0.05, 0.1) is 13.7 Å². The minimum Gasteiger partial charge on any atom is -0.497 e. The van der Waals surface area contributed by atoms with E-state index in [0.29, 0.717) is 17.0 Å². The molecule has 7 atom stereocenters. The number of aliphatic hydroxyl groups excluding tert-OH is 1. The lowest BCUT2D eigenvalue weighted by molar-refractivity contribution is -0.502. The first kappa shape index (κ1) is 28.2. The van der Waals surface area contributed by atoms with Crippen LogP contribution in [0.15, 0.2) is 42.5 Å². The number of rotatable bonds is 8. The molecule has 2 fully saturated rings. The van der Waals surface area contributed by atoms with Crippen molar-refractivity contribution in [3.05, 3.63) is 64.2 Å². The number of hydrogen-bond acceptors (Lipinski definition) is 9. The first-order chi connectivity index (χ1) is 17.6. The van der Waals surface area contributed by atoms with Crippen molar-refractivity contribution in [2.75, 3.05) is 35.0 Å². The van der Waals surface area contributed by atoms with Gasteiger partial charge in [0.2, 0.25) is 17.4 Å². The number of aliphatic hydroxyl groups is 2. The number of methoxy groups -OCH3 is 4. The third-order valence-electron chi connectivity index (χ3n) is 7.49. The monoisotopic (exact) mass is 538 g/mol. The Kier molecular flexibility index (Phi) is 8.21. The van der Waals surface area contributed by atoms with Gasteiger partial charge in [0.15, 0.2) is 0 Å². The van der Waals surface area contributed by atoms with Gasteiger partial charge >= 0.3 is 0 Å². The van der Waals surface area contributed by atoms with E-state index in [1.807, 2.05) is 24.3 Å². The smallest absolute Gasteiger partial charge is 0.222 e. The molecule has 37 heavy (non-hydrogen) atoms. The van der Waals surface area contributed by atoms with Gasteiger partial charge in [-0.1, -0.05) is 29.8 Å². The molecule has 10 heteroatoms. The van der Waals surface area contributed by atoms with E-state index >= 15 is 0 Å². The molecule has 4 rings (SSSR count). The fourth-order valence-corrected chi connectivity index (χ4v) is 5.17. The second kappa shape index (κ2) is 10.8. The molecule has 0 aliphatic carbocycles. The van der Waals surface area contributed by atoms with Crippen LogP contribution in [-0.4, -0.2) is 81.2 Å². The lowest BCUT2D eigenvalue weighted by Gasteiger charge is -2.59. The van der Waals surface area contributed by atoms with Gasteiger partial charge in [0, 0.05) is 31.9 Å². The van der Waals surface area contributed by atoms with E-state index in [2.05, 4.69) is 0 Å². The van der Waals surface area contributed by atoms with Gasteiger partial charge in [-0.25, -0.2) is 0 Å². The number of benzene rings is 2. The molecule has 0 amide bonds. The molecule has 2 heterocycles. The van der Waals surface area contributed by atoms with Crippen LogP contribution in [0, 0.1) is 0 Å². The molecule has 204 valence electrons. The Morgan fingerprint density at radius 1 is 0.919 bits per heavy atom. The molecular weight excluding hydrogens is 504 g/mol.